The van der Waals surface area contributed by atoms with E-state index in [4.69, 9.17) is 4.98 Å². The Hall–Kier alpha value is -2.40. The Morgan fingerprint density at radius 1 is 1.15 bits per heavy atom. The quantitative estimate of drug-likeness (QED) is 0.690. The zero-order valence-corrected chi connectivity index (χ0v) is 16.9. The second-order valence-corrected chi connectivity index (χ2v) is 8.57. The van der Waals surface area contributed by atoms with Crippen LogP contribution in [0.2, 0.25) is 0 Å². The number of piperidine rings is 1. The Morgan fingerprint density at radius 3 is 2.74 bits per heavy atom. The van der Waals surface area contributed by atoms with Crippen LogP contribution < -0.4 is 10.2 Å². The number of anilines is 2. The molecule has 27 heavy (non-hydrogen) atoms. The molecule has 1 unspecified atom stereocenters. The molecule has 0 spiro atoms. The predicted molar refractivity (Wildman–Crippen MR) is 114 cm³/mol. The van der Waals surface area contributed by atoms with Crippen molar-refractivity contribution in [3.63, 3.8) is 0 Å². The van der Waals surface area contributed by atoms with E-state index in [2.05, 4.69) is 48.3 Å². The lowest BCUT2D eigenvalue weighted by molar-refractivity contribution is -0.120. The molecule has 4 rings (SSSR count). The van der Waals surface area contributed by atoms with Crippen LogP contribution in [0.4, 0.5) is 10.8 Å². The van der Waals surface area contributed by atoms with Crippen LogP contribution in [0.1, 0.15) is 29.5 Å². The highest BCUT2D eigenvalue weighted by Crippen LogP contribution is 2.32. The average molecular weight is 380 g/mol. The first-order valence-electron chi connectivity index (χ1n) is 9.50. The summed E-state index contributed by atoms with van der Waals surface area (Å²) in [5, 5.41) is 4.16. The van der Waals surface area contributed by atoms with Crippen molar-refractivity contribution in [2.24, 2.45) is 5.92 Å². The smallest absolute Gasteiger partial charge is 0.229 e. The molecule has 1 aliphatic rings. The van der Waals surface area contributed by atoms with Gasteiger partial charge in [0, 0.05) is 18.8 Å². The van der Waals surface area contributed by atoms with Crippen LogP contribution in [0.25, 0.3) is 10.2 Å². The average Bonchev–Trinajstić information content (AvgIpc) is 3.07. The first kappa shape index (κ1) is 18.0. The van der Waals surface area contributed by atoms with Crippen molar-refractivity contribution in [3.05, 3.63) is 53.1 Å². The maximum Gasteiger partial charge on any atom is 0.229 e. The van der Waals surface area contributed by atoms with Gasteiger partial charge in [0.15, 0.2) is 5.13 Å². The number of carbonyl (C=O) groups is 1. The van der Waals surface area contributed by atoms with Crippen LogP contribution in [0, 0.1) is 26.7 Å². The summed E-state index contributed by atoms with van der Waals surface area (Å²) in [5.41, 5.74) is 5.53. The van der Waals surface area contributed by atoms with E-state index < -0.39 is 0 Å². The molecule has 1 saturated heterocycles. The van der Waals surface area contributed by atoms with Crippen LogP contribution in [0.15, 0.2) is 36.4 Å². The van der Waals surface area contributed by atoms with Crippen molar-refractivity contribution in [1.82, 2.24) is 4.98 Å². The van der Waals surface area contributed by atoms with Gasteiger partial charge in [0.05, 0.1) is 16.1 Å². The van der Waals surface area contributed by atoms with Crippen LogP contribution >= 0.6 is 11.3 Å². The number of nitrogens with one attached hydrogen (secondary N) is 1. The third-order valence-corrected chi connectivity index (χ3v) is 6.31. The number of rotatable bonds is 3. The summed E-state index contributed by atoms with van der Waals surface area (Å²) in [4.78, 5) is 19.9. The molecule has 2 aromatic carbocycles. The van der Waals surface area contributed by atoms with E-state index in [0.29, 0.717) is 0 Å². The highest BCUT2D eigenvalue weighted by molar-refractivity contribution is 7.22. The third kappa shape index (κ3) is 3.83. The van der Waals surface area contributed by atoms with Crippen LogP contribution in [0.5, 0.6) is 0 Å². The number of aromatic nitrogens is 1. The van der Waals surface area contributed by atoms with Crippen molar-refractivity contribution < 1.29 is 4.79 Å². The Bertz CT molecular complexity index is 994. The van der Waals surface area contributed by atoms with Gasteiger partial charge < -0.3 is 10.2 Å². The molecule has 1 aromatic heterocycles. The van der Waals surface area contributed by atoms with E-state index in [-0.39, 0.29) is 11.8 Å². The summed E-state index contributed by atoms with van der Waals surface area (Å²) in [6, 6.07) is 12.5. The molecule has 0 saturated carbocycles. The topological polar surface area (TPSA) is 45.2 Å². The van der Waals surface area contributed by atoms with Gasteiger partial charge in [0.1, 0.15) is 0 Å². The molecule has 0 bridgehead atoms. The number of hydrogen-bond acceptors (Lipinski definition) is 4. The van der Waals surface area contributed by atoms with Crippen molar-refractivity contribution in [1.29, 1.82) is 0 Å². The first-order valence-corrected chi connectivity index (χ1v) is 10.3. The largest absolute Gasteiger partial charge is 0.347 e. The SMILES string of the molecule is Cc1ccc(NC(=O)C2CCCN(c3nc4ccc(C)cc4s3)C2)c(C)c1. The number of aryl methyl sites for hydroxylation is 3. The van der Waals surface area contributed by atoms with E-state index in [1.807, 2.05) is 19.1 Å². The van der Waals surface area contributed by atoms with Gasteiger partial charge in [-0.2, -0.15) is 0 Å². The number of benzene rings is 2. The molecule has 1 N–H and O–H groups in total. The molecule has 4 nitrogen and oxygen atoms in total. The number of hydrogen-bond donors (Lipinski definition) is 1. The van der Waals surface area contributed by atoms with E-state index in [1.165, 1.54) is 15.8 Å². The molecular formula is C22H25N3OS. The number of carbonyl (C=O) groups excluding carboxylic acids is 1. The standard InChI is InChI=1S/C22H25N3OS/c1-14-6-8-18(16(3)11-14)23-21(26)17-5-4-10-25(13-17)22-24-19-9-7-15(2)12-20(19)27-22/h6-9,11-12,17H,4-5,10,13H2,1-3H3,(H,23,26). The molecule has 1 aliphatic heterocycles. The van der Waals surface area contributed by atoms with Gasteiger partial charge in [0.2, 0.25) is 5.91 Å². The van der Waals surface area contributed by atoms with E-state index in [0.717, 1.165) is 47.8 Å². The summed E-state index contributed by atoms with van der Waals surface area (Å²) in [6.45, 7) is 7.91. The normalized spacial score (nSPS) is 17.3. The predicted octanol–water partition coefficient (Wildman–Crippen LogP) is 5.08. The molecule has 3 aromatic rings. The molecule has 140 valence electrons. The lowest BCUT2D eigenvalue weighted by atomic mass is 9.97. The lowest BCUT2D eigenvalue weighted by Gasteiger charge is -2.31. The number of nitrogens with zero attached hydrogens (tertiary/aromatic N) is 2. The van der Waals surface area contributed by atoms with Gasteiger partial charge in [0.25, 0.3) is 0 Å². The maximum absolute atomic E-state index is 12.8. The molecule has 2 heterocycles. The Balaban J connectivity index is 1.49. The fraction of sp³-hybridized carbons (Fsp3) is 0.364. The van der Waals surface area contributed by atoms with Gasteiger partial charge in [-0.15, -0.1) is 0 Å². The molecule has 1 amide bonds. The lowest BCUT2D eigenvalue weighted by Crippen LogP contribution is -2.40. The summed E-state index contributed by atoms with van der Waals surface area (Å²) in [6.07, 6.45) is 1.94. The molecular weight excluding hydrogens is 354 g/mol. The summed E-state index contributed by atoms with van der Waals surface area (Å²) in [5.74, 6) is 0.108. The molecule has 0 radical (unpaired) electrons. The van der Waals surface area contributed by atoms with E-state index >= 15 is 0 Å². The van der Waals surface area contributed by atoms with E-state index in [1.54, 1.807) is 11.3 Å². The minimum atomic E-state index is -0.00629. The minimum absolute atomic E-state index is 0.00629. The second-order valence-electron chi connectivity index (χ2n) is 7.56. The van der Waals surface area contributed by atoms with Gasteiger partial charge in [-0.3, -0.25) is 4.79 Å². The van der Waals surface area contributed by atoms with Crippen molar-refractivity contribution >= 4 is 38.3 Å². The summed E-state index contributed by atoms with van der Waals surface area (Å²) >= 11 is 1.72. The van der Waals surface area contributed by atoms with Crippen molar-refractivity contribution in [2.75, 3.05) is 23.3 Å². The maximum atomic E-state index is 12.8. The highest BCUT2D eigenvalue weighted by atomic mass is 32.1. The van der Waals surface area contributed by atoms with Crippen LogP contribution in [0.3, 0.4) is 0 Å². The first-order chi connectivity index (χ1) is 13.0. The number of fused-ring (bicyclic) bond motifs is 1. The molecule has 1 fully saturated rings. The fourth-order valence-corrected chi connectivity index (χ4v) is 4.81. The Labute approximate surface area is 164 Å². The third-order valence-electron chi connectivity index (χ3n) is 5.24. The summed E-state index contributed by atoms with van der Waals surface area (Å²) < 4.78 is 1.21. The zero-order chi connectivity index (χ0) is 19.0. The zero-order valence-electron chi connectivity index (χ0n) is 16.1. The molecule has 5 heteroatoms. The Morgan fingerprint density at radius 2 is 1.93 bits per heavy atom. The Kier molecular flexibility index (Phi) is 4.87. The molecule has 0 aliphatic carbocycles. The highest BCUT2D eigenvalue weighted by Gasteiger charge is 2.27. The number of amides is 1. The van der Waals surface area contributed by atoms with Crippen LogP contribution in [-0.2, 0) is 4.79 Å². The van der Waals surface area contributed by atoms with Gasteiger partial charge >= 0.3 is 0 Å². The van der Waals surface area contributed by atoms with Gasteiger partial charge in [-0.25, -0.2) is 4.98 Å². The summed E-state index contributed by atoms with van der Waals surface area (Å²) in [7, 11) is 0. The molecule has 1 atom stereocenters. The monoisotopic (exact) mass is 379 g/mol. The second kappa shape index (κ2) is 7.31. The van der Waals surface area contributed by atoms with Crippen LogP contribution in [-0.4, -0.2) is 24.0 Å². The van der Waals surface area contributed by atoms with Gasteiger partial charge in [-0.1, -0.05) is 35.1 Å². The van der Waals surface area contributed by atoms with E-state index in [9.17, 15) is 4.79 Å². The van der Waals surface area contributed by atoms with Crippen molar-refractivity contribution in [3.8, 4) is 0 Å². The van der Waals surface area contributed by atoms with Gasteiger partial charge in [-0.05, 0) is 62.9 Å². The minimum Gasteiger partial charge on any atom is -0.347 e. The van der Waals surface area contributed by atoms with Crippen molar-refractivity contribution in [2.45, 2.75) is 33.6 Å². The fourth-order valence-electron chi connectivity index (χ4n) is 3.71. The number of thiazole rings is 1.